The smallest absolute Gasteiger partial charge is 0.194 e. The van der Waals surface area contributed by atoms with E-state index in [0.717, 1.165) is 20.1 Å². The Morgan fingerprint density at radius 1 is 1.33 bits per heavy atom. The van der Waals surface area contributed by atoms with Gasteiger partial charge in [-0.2, -0.15) is 0 Å². The summed E-state index contributed by atoms with van der Waals surface area (Å²) in [6.07, 6.45) is 1.20. The molecule has 1 aromatic rings. The molecule has 4 heteroatoms. The lowest BCUT2D eigenvalue weighted by atomic mass is 10.2. The van der Waals surface area contributed by atoms with Gasteiger partial charge in [0.2, 0.25) is 0 Å². The third-order valence-electron chi connectivity index (χ3n) is 1.60. The summed E-state index contributed by atoms with van der Waals surface area (Å²) in [6, 6.07) is 10.5. The second kappa shape index (κ2) is 9.15. The third kappa shape index (κ3) is 10.5. The van der Waals surface area contributed by atoms with Crippen LogP contribution in [0.1, 0.15) is 18.9 Å². The van der Waals surface area contributed by atoms with Crippen LogP contribution in [0.5, 0.6) is 0 Å². The van der Waals surface area contributed by atoms with Crippen molar-refractivity contribution in [1.82, 2.24) is 5.32 Å². The van der Waals surface area contributed by atoms with Gasteiger partial charge in [0.1, 0.15) is 0 Å². The van der Waals surface area contributed by atoms with Crippen molar-refractivity contribution in [3.8, 4) is 0 Å². The van der Waals surface area contributed by atoms with E-state index < -0.39 is 4.92 Å². The molecular weight excluding hydrogens is 192 g/mol. The van der Waals surface area contributed by atoms with E-state index in [4.69, 9.17) is 10.1 Å². The molecule has 0 aliphatic heterocycles. The first-order valence-corrected chi connectivity index (χ1v) is 4.99. The molecule has 0 fully saturated rings. The summed E-state index contributed by atoms with van der Waals surface area (Å²) in [5, 5.41) is 12.2. The van der Waals surface area contributed by atoms with Crippen LogP contribution >= 0.6 is 0 Å². The predicted octanol–water partition coefficient (Wildman–Crippen LogP) is 2.08. The van der Waals surface area contributed by atoms with Crippen LogP contribution in [-0.4, -0.2) is 18.5 Å². The molecule has 0 saturated carbocycles. The highest BCUT2D eigenvalue weighted by Gasteiger charge is 1.87. The van der Waals surface area contributed by atoms with Crippen LogP contribution in [0.25, 0.3) is 0 Å². The van der Waals surface area contributed by atoms with Gasteiger partial charge >= 0.3 is 0 Å². The molecule has 0 saturated heterocycles. The standard InChI is InChI=1S/C10H15N.CH3NO2/c1-2-8-11-9-10-6-4-3-5-7-10;1-2(3)4/h3-7,11H,2,8-9H2,1H3;1H3. The molecule has 0 unspecified atom stereocenters. The van der Waals surface area contributed by atoms with Gasteiger partial charge in [0.05, 0.1) is 0 Å². The van der Waals surface area contributed by atoms with E-state index in [1.807, 2.05) is 6.07 Å². The maximum atomic E-state index is 8.81. The zero-order valence-corrected chi connectivity index (χ0v) is 9.27. The van der Waals surface area contributed by atoms with E-state index in [1.54, 1.807) is 0 Å². The molecule has 0 heterocycles. The Hall–Kier alpha value is -1.42. The zero-order chi connectivity index (χ0) is 11.5. The van der Waals surface area contributed by atoms with Gasteiger partial charge in [-0.25, -0.2) is 0 Å². The van der Waals surface area contributed by atoms with E-state index in [0.29, 0.717) is 0 Å². The summed E-state index contributed by atoms with van der Waals surface area (Å²) < 4.78 is 0. The molecule has 84 valence electrons. The molecule has 0 bridgehead atoms. The van der Waals surface area contributed by atoms with Gasteiger partial charge in [-0.1, -0.05) is 37.3 Å². The lowest BCUT2D eigenvalue weighted by Crippen LogP contribution is -2.13. The molecule has 0 amide bonds. The van der Waals surface area contributed by atoms with Gasteiger partial charge in [-0.05, 0) is 18.5 Å². The fourth-order valence-electron chi connectivity index (χ4n) is 1.01. The van der Waals surface area contributed by atoms with Gasteiger partial charge in [-0.3, -0.25) is 10.1 Å². The summed E-state index contributed by atoms with van der Waals surface area (Å²) >= 11 is 0. The fraction of sp³-hybridized carbons (Fsp3) is 0.455. The van der Waals surface area contributed by atoms with Crippen LogP contribution < -0.4 is 5.32 Å². The number of rotatable bonds is 4. The molecule has 0 aliphatic carbocycles. The molecule has 1 aromatic carbocycles. The first kappa shape index (κ1) is 13.6. The van der Waals surface area contributed by atoms with E-state index >= 15 is 0 Å². The fourth-order valence-corrected chi connectivity index (χ4v) is 1.01. The Bertz CT molecular complexity index is 259. The molecular formula is C11H18N2O2. The van der Waals surface area contributed by atoms with Crippen molar-refractivity contribution >= 4 is 0 Å². The quantitative estimate of drug-likeness (QED) is 0.470. The molecule has 15 heavy (non-hydrogen) atoms. The van der Waals surface area contributed by atoms with Crippen LogP contribution in [-0.2, 0) is 6.54 Å². The molecule has 0 radical (unpaired) electrons. The topological polar surface area (TPSA) is 55.2 Å². The van der Waals surface area contributed by atoms with Gasteiger partial charge in [0.25, 0.3) is 0 Å². The van der Waals surface area contributed by atoms with Crippen molar-refractivity contribution in [3.05, 3.63) is 46.0 Å². The van der Waals surface area contributed by atoms with Crippen molar-refractivity contribution < 1.29 is 4.92 Å². The Labute approximate surface area is 90.5 Å². The third-order valence-corrected chi connectivity index (χ3v) is 1.60. The molecule has 0 aromatic heterocycles. The predicted molar refractivity (Wildman–Crippen MR) is 61.4 cm³/mol. The Balaban J connectivity index is 0.000000423. The molecule has 0 aliphatic rings. The Kier molecular flexibility index (Phi) is 8.28. The average molecular weight is 210 g/mol. The normalized spacial score (nSPS) is 8.93. The first-order valence-electron chi connectivity index (χ1n) is 4.99. The SMILES string of the molecule is CCCNCc1ccccc1.C[N+](=O)[O-]. The minimum atomic E-state index is -0.500. The summed E-state index contributed by atoms with van der Waals surface area (Å²) in [5.41, 5.74) is 1.36. The van der Waals surface area contributed by atoms with Crippen molar-refractivity contribution in [3.63, 3.8) is 0 Å². The summed E-state index contributed by atoms with van der Waals surface area (Å²) in [7, 11) is 0.889. The first-order chi connectivity index (χ1) is 7.16. The van der Waals surface area contributed by atoms with Crippen LogP contribution in [0.15, 0.2) is 30.3 Å². The maximum Gasteiger partial charge on any atom is 0.194 e. The maximum absolute atomic E-state index is 8.81. The number of benzene rings is 1. The highest BCUT2D eigenvalue weighted by Crippen LogP contribution is 1.96. The monoisotopic (exact) mass is 210 g/mol. The van der Waals surface area contributed by atoms with Gasteiger partial charge < -0.3 is 5.32 Å². The van der Waals surface area contributed by atoms with Crippen molar-refractivity contribution in [1.29, 1.82) is 0 Å². The van der Waals surface area contributed by atoms with Crippen molar-refractivity contribution in [2.75, 3.05) is 13.6 Å². The molecule has 4 nitrogen and oxygen atoms in total. The van der Waals surface area contributed by atoms with Crippen LogP contribution in [0, 0.1) is 10.1 Å². The van der Waals surface area contributed by atoms with Gasteiger partial charge in [-0.15, -0.1) is 0 Å². The molecule has 0 spiro atoms. The van der Waals surface area contributed by atoms with Crippen molar-refractivity contribution in [2.24, 2.45) is 0 Å². The minimum Gasteiger partial charge on any atom is -0.313 e. The minimum absolute atomic E-state index is 0.500. The van der Waals surface area contributed by atoms with Crippen molar-refractivity contribution in [2.45, 2.75) is 19.9 Å². The highest BCUT2D eigenvalue weighted by atomic mass is 16.6. The largest absolute Gasteiger partial charge is 0.313 e. The van der Waals surface area contributed by atoms with E-state index in [-0.39, 0.29) is 0 Å². The molecule has 1 rings (SSSR count). The summed E-state index contributed by atoms with van der Waals surface area (Å²) in [5.74, 6) is 0. The average Bonchev–Trinajstić information content (AvgIpc) is 2.19. The zero-order valence-electron chi connectivity index (χ0n) is 9.27. The van der Waals surface area contributed by atoms with Crippen LogP contribution in [0.2, 0.25) is 0 Å². The lowest BCUT2D eigenvalue weighted by molar-refractivity contribution is -0.445. The number of hydrogen-bond donors (Lipinski definition) is 1. The lowest BCUT2D eigenvalue weighted by Gasteiger charge is -2.01. The Morgan fingerprint density at radius 3 is 2.33 bits per heavy atom. The van der Waals surface area contributed by atoms with E-state index in [9.17, 15) is 0 Å². The second-order valence-electron chi connectivity index (χ2n) is 3.10. The van der Waals surface area contributed by atoms with Gasteiger partial charge in [0.15, 0.2) is 7.05 Å². The Morgan fingerprint density at radius 2 is 1.87 bits per heavy atom. The number of nitrogens with one attached hydrogen (secondary N) is 1. The summed E-state index contributed by atoms with van der Waals surface area (Å²) in [4.78, 5) is 8.31. The van der Waals surface area contributed by atoms with Crippen LogP contribution in [0.4, 0.5) is 0 Å². The van der Waals surface area contributed by atoms with E-state index in [2.05, 4.69) is 36.5 Å². The molecule has 0 atom stereocenters. The highest BCUT2D eigenvalue weighted by molar-refractivity contribution is 5.14. The number of nitrogens with zero attached hydrogens (tertiary/aromatic N) is 1. The second-order valence-corrected chi connectivity index (χ2v) is 3.10. The van der Waals surface area contributed by atoms with Gasteiger partial charge in [0, 0.05) is 11.5 Å². The molecule has 1 N–H and O–H groups in total. The number of nitro groups is 1. The summed E-state index contributed by atoms with van der Waals surface area (Å²) in [6.45, 7) is 4.28. The van der Waals surface area contributed by atoms with E-state index in [1.165, 1.54) is 12.0 Å². The van der Waals surface area contributed by atoms with Crippen LogP contribution in [0.3, 0.4) is 0 Å². The number of hydrogen-bond acceptors (Lipinski definition) is 3.